The summed E-state index contributed by atoms with van der Waals surface area (Å²) < 4.78 is 43.8. The van der Waals surface area contributed by atoms with Crippen molar-refractivity contribution >= 4 is 17.3 Å². The Labute approximate surface area is 192 Å². The first kappa shape index (κ1) is 23.1. The van der Waals surface area contributed by atoms with Gasteiger partial charge < -0.3 is 10.2 Å². The highest BCUT2D eigenvalue weighted by Crippen LogP contribution is 2.31. The summed E-state index contributed by atoms with van der Waals surface area (Å²) in [5.41, 5.74) is 1.88. The monoisotopic (exact) mass is 458 g/mol. The standard InChI is InChI=1S/C24H29F3N6/c1-15(2)12-31-5-6-32(13-17(31)4)22-8-16(3)7-21(23(22)27)29-24-28-14-33(30-24)20-10-18(25)9-19(26)11-20/h7-11,14-15,17H,5-6,12-13H2,1-4H3,(H,29,30). The Hall–Kier alpha value is -3.07. The van der Waals surface area contributed by atoms with Gasteiger partial charge in [-0.05, 0) is 49.6 Å². The maximum absolute atomic E-state index is 15.5. The summed E-state index contributed by atoms with van der Waals surface area (Å²) in [5.74, 6) is -1.09. The molecule has 0 bridgehead atoms. The Morgan fingerprint density at radius 3 is 2.45 bits per heavy atom. The van der Waals surface area contributed by atoms with E-state index in [4.69, 9.17) is 0 Å². The van der Waals surface area contributed by atoms with Gasteiger partial charge in [0.15, 0.2) is 5.82 Å². The first-order chi connectivity index (χ1) is 15.7. The van der Waals surface area contributed by atoms with Crippen molar-refractivity contribution in [3.63, 3.8) is 0 Å². The Morgan fingerprint density at radius 2 is 1.79 bits per heavy atom. The molecule has 0 saturated carbocycles. The fourth-order valence-electron chi connectivity index (χ4n) is 4.26. The van der Waals surface area contributed by atoms with Gasteiger partial charge in [-0.25, -0.2) is 17.9 Å². The molecule has 0 amide bonds. The molecule has 3 aromatic rings. The molecular formula is C24H29F3N6. The fourth-order valence-corrected chi connectivity index (χ4v) is 4.26. The van der Waals surface area contributed by atoms with Gasteiger partial charge in [0.1, 0.15) is 18.0 Å². The van der Waals surface area contributed by atoms with Crippen LogP contribution >= 0.6 is 0 Å². The summed E-state index contributed by atoms with van der Waals surface area (Å²) in [6.45, 7) is 11.9. The summed E-state index contributed by atoms with van der Waals surface area (Å²) in [7, 11) is 0. The minimum Gasteiger partial charge on any atom is -0.366 e. The predicted molar refractivity (Wildman–Crippen MR) is 124 cm³/mol. The number of nitrogens with zero attached hydrogens (tertiary/aromatic N) is 5. The van der Waals surface area contributed by atoms with Gasteiger partial charge in [0.2, 0.25) is 5.95 Å². The lowest BCUT2D eigenvalue weighted by atomic mass is 10.1. The van der Waals surface area contributed by atoms with Gasteiger partial charge in [-0.2, -0.15) is 4.98 Å². The molecule has 33 heavy (non-hydrogen) atoms. The summed E-state index contributed by atoms with van der Waals surface area (Å²) >= 11 is 0. The Morgan fingerprint density at radius 1 is 1.06 bits per heavy atom. The molecule has 1 aliphatic rings. The van der Waals surface area contributed by atoms with Gasteiger partial charge in [-0.1, -0.05) is 13.8 Å². The van der Waals surface area contributed by atoms with Gasteiger partial charge >= 0.3 is 0 Å². The molecule has 1 aromatic heterocycles. The summed E-state index contributed by atoms with van der Waals surface area (Å²) in [4.78, 5) is 8.64. The molecule has 1 saturated heterocycles. The third-order valence-electron chi connectivity index (χ3n) is 5.75. The molecule has 9 heteroatoms. The zero-order valence-electron chi connectivity index (χ0n) is 19.3. The van der Waals surface area contributed by atoms with Crippen LogP contribution in [0, 0.1) is 30.3 Å². The average molecular weight is 459 g/mol. The predicted octanol–water partition coefficient (Wildman–Crippen LogP) is 4.90. The van der Waals surface area contributed by atoms with Gasteiger partial charge in [0.25, 0.3) is 0 Å². The van der Waals surface area contributed by atoms with Crippen molar-refractivity contribution in [2.75, 3.05) is 36.4 Å². The number of nitrogens with one attached hydrogen (secondary N) is 1. The van der Waals surface area contributed by atoms with Crippen LogP contribution in [0.2, 0.25) is 0 Å². The molecule has 6 nitrogen and oxygen atoms in total. The molecule has 1 unspecified atom stereocenters. The van der Waals surface area contributed by atoms with Gasteiger partial charge in [-0.3, -0.25) is 4.90 Å². The van der Waals surface area contributed by atoms with E-state index >= 15 is 4.39 Å². The summed E-state index contributed by atoms with van der Waals surface area (Å²) in [5, 5.41) is 7.11. The van der Waals surface area contributed by atoms with E-state index in [9.17, 15) is 8.78 Å². The second kappa shape index (κ2) is 9.43. The number of rotatable bonds is 6. The van der Waals surface area contributed by atoms with E-state index in [1.165, 1.54) is 11.0 Å². The smallest absolute Gasteiger partial charge is 0.247 e. The Kier molecular flexibility index (Phi) is 6.60. The van der Waals surface area contributed by atoms with Crippen LogP contribution in [-0.2, 0) is 0 Å². The summed E-state index contributed by atoms with van der Waals surface area (Å²) in [6.07, 6.45) is 1.32. The van der Waals surface area contributed by atoms with Crippen molar-refractivity contribution in [1.29, 1.82) is 0 Å². The number of halogens is 3. The third-order valence-corrected chi connectivity index (χ3v) is 5.75. The lowest BCUT2D eigenvalue weighted by molar-refractivity contribution is 0.169. The first-order valence-electron chi connectivity index (χ1n) is 11.1. The van der Waals surface area contributed by atoms with Crippen LogP contribution in [0.15, 0.2) is 36.7 Å². The van der Waals surface area contributed by atoms with Crippen LogP contribution in [0.4, 0.5) is 30.5 Å². The molecule has 1 N–H and O–H groups in total. The Bertz CT molecular complexity index is 1110. The largest absolute Gasteiger partial charge is 0.366 e. The molecule has 176 valence electrons. The molecule has 2 heterocycles. The van der Waals surface area contributed by atoms with Crippen LogP contribution in [0.5, 0.6) is 0 Å². The lowest BCUT2D eigenvalue weighted by Gasteiger charge is -2.42. The molecular weight excluding hydrogens is 429 g/mol. The second-order valence-electron chi connectivity index (χ2n) is 9.09. The van der Waals surface area contributed by atoms with Crippen molar-refractivity contribution in [3.8, 4) is 5.69 Å². The molecule has 0 aliphatic carbocycles. The maximum Gasteiger partial charge on any atom is 0.247 e. The lowest BCUT2D eigenvalue weighted by Crippen LogP contribution is -2.53. The number of aryl methyl sites for hydroxylation is 1. The average Bonchev–Trinajstić information content (AvgIpc) is 3.19. The van der Waals surface area contributed by atoms with E-state index in [-0.39, 0.29) is 23.1 Å². The van der Waals surface area contributed by atoms with E-state index in [1.807, 2.05) is 13.0 Å². The second-order valence-corrected chi connectivity index (χ2v) is 9.09. The molecule has 1 fully saturated rings. The van der Waals surface area contributed by atoms with Gasteiger partial charge in [0, 0.05) is 38.3 Å². The fraction of sp³-hybridized carbons (Fsp3) is 0.417. The summed E-state index contributed by atoms with van der Waals surface area (Å²) in [6, 6.07) is 6.95. The first-order valence-corrected chi connectivity index (χ1v) is 11.1. The minimum atomic E-state index is -0.716. The highest BCUT2D eigenvalue weighted by molar-refractivity contribution is 5.65. The zero-order chi connectivity index (χ0) is 23.7. The van der Waals surface area contributed by atoms with Crippen molar-refractivity contribution in [2.24, 2.45) is 5.92 Å². The van der Waals surface area contributed by atoms with Crippen LogP contribution < -0.4 is 10.2 Å². The van der Waals surface area contributed by atoms with Crippen molar-refractivity contribution in [2.45, 2.75) is 33.7 Å². The quantitative estimate of drug-likeness (QED) is 0.569. The maximum atomic E-state index is 15.5. The van der Waals surface area contributed by atoms with Crippen LogP contribution in [-0.4, -0.2) is 51.9 Å². The van der Waals surface area contributed by atoms with Crippen LogP contribution in [0.3, 0.4) is 0 Å². The number of hydrogen-bond donors (Lipinski definition) is 1. The normalized spacial score (nSPS) is 17.1. The van der Waals surface area contributed by atoms with Crippen LogP contribution in [0.1, 0.15) is 26.3 Å². The highest BCUT2D eigenvalue weighted by Gasteiger charge is 2.26. The van der Waals surface area contributed by atoms with Crippen molar-refractivity contribution in [3.05, 3.63) is 59.7 Å². The molecule has 1 aliphatic heterocycles. The van der Waals surface area contributed by atoms with Crippen molar-refractivity contribution in [1.82, 2.24) is 19.7 Å². The van der Waals surface area contributed by atoms with Crippen LogP contribution in [0.25, 0.3) is 5.69 Å². The van der Waals surface area contributed by atoms with E-state index < -0.39 is 11.6 Å². The Balaban J connectivity index is 1.54. The molecule has 0 spiro atoms. The molecule has 2 aromatic carbocycles. The van der Waals surface area contributed by atoms with E-state index in [0.29, 0.717) is 17.6 Å². The van der Waals surface area contributed by atoms with Crippen molar-refractivity contribution < 1.29 is 13.2 Å². The van der Waals surface area contributed by atoms with Gasteiger partial charge in [0.05, 0.1) is 17.1 Å². The highest BCUT2D eigenvalue weighted by atomic mass is 19.1. The van der Waals surface area contributed by atoms with E-state index in [0.717, 1.165) is 49.9 Å². The molecule has 1 atom stereocenters. The SMILES string of the molecule is Cc1cc(Nc2ncn(-c3cc(F)cc(F)c3)n2)c(F)c(N2CCN(CC(C)C)C(C)C2)c1. The number of hydrogen-bond acceptors (Lipinski definition) is 5. The number of piperazine rings is 1. The number of anilines is 3. The third kappa shape index (κ3) is 5.30. The van der Waals surface area contributed by atoms with E-state index in [2.05, 4.69) is 46.0 Å². The van der Waals surface area contributed by atoms with E-state index in [1.54, 1.807) is 6.07 Å². The zero-order valence-corrected chi connectivity index (χ0v) is 19.3. The van der Waals surface area contributed by atoms with Gasteiger partial charge in [-0.15, -0.1) is 5.10 Å². The molecule has 4 rings (SSSR count). The number of benzene rings is 2. The number of aromatic nitrogens is 3. The topological polar surface area (TPSA) is 49.2 Å². The molecule has 0 radical (unpaired) electrons. The minimum absolute atomic E-state index is 0.130.